The summed E-state index contributed by atoms with van der Waals surface area (Å²) in [5.41, 5.74) is 2.09. The number of hydrogen-bond acceptors (Lipinski definition) is 4. The Hall–Kier alpha value is -1.86. The van der Waals surface area contributed by atoms with Crippen molar-refractivity contribution in [2.24, 2.45) is 13.0 Å². The van der Waals surface area contributed by atoms with Crippen LogP contribution in [0.4, 0.5) is 0 Å². The fraction of sp³-hybridized carbons (Fsp3) is 0.412. The van der Waals surface area contributed by atoms with E-state index in [0.29, 0.717) is 13.1 Å². The number of methoxy groups -OCH3 is 1. The largest absolute Gasteiger partial charge is 0.497 e. The maximum absolute atomic E-state index is 12.7. The van der Waals surface area contributed by atoms with Gasteiger partial charge in [-0.1, -0.05) is 15.9 Å². The van der Waals surface area contributed by atoms with Gasteiger partial charge in [0.2, 0.25) is 5.91 Å². The van der Waals surface area contributed by atoms with Gasteiger partial charge in [0, 0.05) is 43.3 Å². The molecule has 1 aromatic carbocycles. The van der Waals surface area contributed by atoms with Gasteiger partial charge >= 0.3 is 0 Å². The van der Waals surface area contributed by atoms with Crippen LogP contribution >= 0.6 is 15.9 Å². The lowest BCUT2D eigenvalue weighted by Gasteiger charge is -2.17. The monoisotopic (exact) mass is 392 g/mol. The summed E-state index contributed by atoms with van der Waals surface area (Å²) in [6, 6.07) is 5.74. The second-order valence-corrected chi connectivity index (χ2v) is 6.85. The maximum Gasteiger partial charge on any atom is 0.225 e. The second-order valence-electron chi connectivity index (χ2n) is 5.99. The lowest BCUT2D eigenvalue weighted by Crippen LogP contribution is -2.34. The van der Waals surface area contributed by atoms with E-state index in [1.54, 1.807) is 11.8 Å². The Balaban J connectivity index is 1.66. The molecule has 0 saturated carbocycles. The van der Waals surface area contributed by atoms with Crippen LogP contribution in [0.25, 0.3) is 0 Å². The van der Waals surface area contributed by atoms with Crippen LogP contribution in [0.15, 0.2) is 35.1 Å². The van der Waals surface area contributed by atoms with E-state index in [9.17, 15) is 4.79 Å². The molecule has 0 bridgehead atoms. The summed E-state index contributed by atoms with van der Waals surface area (Å²) < 4.78 is 7.97. The van der Waals surface area contributed by atoms with E-state index in [-0.39, 0.29) is 17.7 Å². The molecule has 1 saturated heterocycles. The van der Waals surface area contributed by atoms with E-state index in [4.69, 9.17) is 4.74 Å². The number of carbonyl (C=O) groups excluding carboxylic acids is 1. The highest BCUT2D eigenvalue weighted by atomic mass is 79.9. The number of hydrogen-bond donors (Lipinski definition) is 2. The van der Waals surface area contributed by atoms with Crippen LogP contribution in [0.5, 0.6) is 5.75 Å². The molecule has 2 atom stereocenters. The number of aromatic nitrogens is 2. The number of halogens is 1. The van der Waals surface area contributed by atoms with E-state index in [1.165, 1.54) is 0 Å². The average Bonchev–Trinajstić information content (AvgIpc) is 3.22. The Morgan fingerprint density at radius 2 is 2.33 bits per heavy atom. The standard InChI is InChI=1S/C17H21BrN4O2/c1-22-10-12(7-21-22)14-8-19-9-15(14)17(23)20-6-11-5-13(24-2)3-4-16(11)18/h3-5,7,10,14-15,19H,6,8-9H2,1-2H3,(H,20,23)/t14-,15+/m1/s1. The summed E-state index contributed by atoms with van der Waals surface area (Å²) in [6.07, 6.45) is 3.83. The third kappa shape index (κ3) is 3.62. The first kappa shape index (κ1) is 17.0. The van der Waals surface area contributed by atoms with Gasteiger partial charge in [-0.15, -0.1) is 0 Å². The molecule has 1 aliphatic rings. The smallest absolute Gasteiger partial charge is 0.225 e. The highest BCUT2D eigenvalue weighted by Gasteiger charge is 2.34. The van der Waals surface area contributed by atoms with Gasteiger partial charge < -0.3 is 15.4 Å². The Bertz CT molecular complexity index is 731. The molecule has 128 valence electrons. The quantitative estimate of drug-likeness (QED) is 0.813. The van der Waals surface area contributed by atoms with Gasteiger partial charge in [0.05, 0.1) is 19.2 Å². The van der Waals surface area contributed by atoms with Crippen molar-refractivity contribution in [1.82, 2.24) is 20.4 Å². The normalized spacial score (nSPS) is 20.1. The van der Waals surface area contributed by atoms with Crippen LogP contribution in [0.1, 0.15) is 17.0 Å². The molecule has 6 nitrogen and oxygen atoms in total. The minimum atomic E-state index is -0.0846. The van der Waals surface area contributed by atoms with E-state index in [0.717, 1.165) is 27.9 Å². The van der Waals surface area contributed by atoms with Crippen molar-refractivity contribution in [3.8, 4) is 5.75 Å². The number of amides is 1. The number of benzene rings is 1. The van der Waals surface area contributed by atoms with Crippen LogP contribution in [-0.2, 0) is 18.4 Å². The highest BCUT2D eigenvalue weighted by molar-refractivity contribution is 9.10. The average molecular weight is 393 g/mol. The zero-order valence-corrected chi connectivity index (χ0v) is 15.3. The molecule has 1 aromatic heterocycles. The summed E-state index contributed by atoms with van der Waals surface area (Å²) in [6.45, 7) is 1.95. The van der Waals surface area contributed by atoms with Crippen LogP contribution < -0.4 is 15.4 Å². The first-order valence-electron chi connectivity index (χ1n) is 7.88. The van der Waals surface area contributed by atoms with Crippen molar-refractivity contribution < 1.29 is 9.53 Å². The second kappa shape index (κ2) is 7.36. The summed E-state index contributed by atoms with van der Waals surface area (Å²) in [5, 5.41) is 10.6. The van der Waals surface area contributed by atoms with Gasteiger partial charge in [0.25, 0.3) is 0 Å². The lowest BCUT2D eigenvalue weighted by molar-refractivity contribution is -0.125. The van der Waals surface area contributed by atoms with E-state index in [2.05, 4.69) is 31.7 Å². The molecule has 0 aliphatic carbocycles. The van der Waals surface area contributed by atoms with Gasteiger partial charge in [-0.3, -0.25) is 9.48 Å². The summed E-state index contributed by atoms with van der Waals surface area (Å²) >= 11 is 3.51. The molecule has 3 rings (SSSR count). The van der Waals surface area contributed by atoms with Crippen molar-refractivity contribution in [2.45, 2.75) is 12.5 Å². The van der Waals surface area contributed by atoms with Crippen molar-refractivity contribution in [1.29, 1.82) is 0 Å². The highest BCUT2D eigenvalue weighted by Crippen LogP contribution is 2.28. The van der Waals surface area contributed by atoms with Gasteiger partial charge in [0.1, 0.15) is 5.75 Å². The van der Waals surface area contributed by atoms with Crippen molar-refractivity contribution in [3.63, 3.8) is 0 Å². The summed E-state index contributed by atoms with van der Waals surface area (Å²) in [7, 11) is 3.52. The number of nitrogens with one attached hydrogen (secondary N) is 2. The van der Waals surface area contributed by atoms with Gasteiger partial charge in [-0.05, 0) is 29.3 Å². The van der Waals surface area contributed by atoms with Crippen molar-refractivity contribution in [2.75, 3.05) is 20.2 Å². The lowest BCUT2D eigenvalue weighted by atomic mass is 9.90. The van der Waals surface area contributed by atoms with E-state index >= 15 is 0 Å². The Morgan fingerprint density at radius 3 is 3.04 bits per heavy atom. The summed E-state index contributed by atoms with van der Waals surface area (Å²) in [5.74, 6) is 0.910. The molecular formula is C17H21BrN4O2. The maximum atomic E-state index is 12.7. The molecule has 1 amide bonds. The zero-order valence-electron chi connectivity index (χ0n) is 13.8. The van der Waals surface area contributed by atoms with Crippen LogP contribution in [0.3, 0.4) is 0 Å². The fourth-order valence-electron chi connectivity index (χ4n) is 3.06. The molecule has 2 N–H and O–H groups in total. The predicted octanol–water partition coefficient (Wildman–Crippen LogP) is 1.81. The number of rotatable bonds is 5. The van der Waals surface area contributed by atoms with Gasteiger partial charge in [0.15, 0.2) is 0 Å². The number of ether oxygens (including phenoxy) is 1. The molecule has 2 heterocycles. The first-order chi connectivity index (χ1) is 11.6. The number of aryl methyl sites for hydroxylation is 1. The van der Waals surface area contributed by atoms with Crippen molar-refractivity contribution >= 4 is 21.8 Å². The van der Waals surface area contributed by atoms with E-state index in [1.807, 2.05) is 37.6 Å². The third-order valence-corrected chi connectivity index (χ3v) is 5.18. The van der Waals surface area contributed by atoms with Gasteiger partial charge in [-0.25, -0.2) is 0 Å². The number of nitrogens with zero attached hydrogens (tertiary/aromatic N) is 2. The Morgan fingerprint density at radius 1 is 1.50 bits per heavy atom. The van der Waals surface area contributed by atoms with Crippen LogP contribution in [0, 0.1) is 5.92 Å². The fourth-order valence-corrected chi connectivity index (χ4v) is 3.45. The molecule has 0 unspecified atom stereocenters. The first-order valence-corrected chi connectivity index (χ1v) is 8.67. The third-order valence-electron chi connectivity index (χ3n) is 4.41. The van der Waals surface area contributed by atoms with Crippen LogP contribution in [0.2, 0.25) is 0 Å². The molecule has 1 aliphatic heterocycles. The zero-order chi connectivity index (χ0) is 17.1. The Labute approximate surface area is 149 Å². The molecule has 7 heteroatoms. The van der Waals surface area contributed by atoms with Gasteiger partial charge in [-0.2, -0.15) is 5.10 Å². The topological polar surface area (TPSA) is 68.2 Å². The number of carbonyl (C=O) groups is 1. The molecule has 0 radical (unpaired) electrons. The summed E-state index contributed by atoms with van der Waals surface area (Å²) in [4.78, 5) is 12.7. The predicted molar refractivity (Wildman–Crippen MR) is 94.8 cm³/mol. The molecule has 0 spiro atoms. The van der Waals surface area contributed by atoms with Crippen LogP contribution in [-0.4, -0.2) is 35.9 Å². The van der Waals surface area contributed by atoms with Crippen molar-refractivity contribution in [3.05, 3.63) is 46.2 Å². The molecular weight excluding hydrogens is 372 g/mol. The molecule has 1 fully saturated rings. The SMILES string of the molecule is COc1ccc(Br)c(CNC(=O)[C@H]2CNC[C@@H]2c2cnn(C)c2)c1. The Kier molecular flexibility index (Phi) is 5.20. The minimum absolute atomic E-state index is 0.0589. The minimum Gasteiger partial charge on any atom is -0.497 e. The molecule has 2 aromatic rings. The molecule has 24 heavy (non-hydrogen) atoms. The van der Waals surface area contributed by atoms with E-state index < -0.39 is 0 Å².